The van der Waals surface area contributed by atoms with Crippen LogP contribution in [0.25, 0.3) is 11.1 Å². The summed E-state index contributed by atoms with van der Waals surface area (Å²) >= 11 is 0. The fourth-order valence-electron chi connectivity index (χ4n) is 3.25. The number of nitrogens with one attached hydrogen (secondary N) is 1. The summed E-state index contributed by atoms with van der Waals surface area (Å²) in [5.41, 5.74) is 3.34. The Morgan fingerprint density at radius 2 is 1.79 bits per heavy atom. The van der Waals surface area contributed by atoms with Gasteiger partial charge in [0.05, 0.1) is 12.8 Å². The van der Waals surface area contributed by atoms with Gasteiger partial charge in [0.25, 0.3) is 0 Å². The molecule has 0 aliphatic carbocycles. The normalized spacial score (nSPS) is 15.2. The molecule has 126 valence electrons. The lowest BCUT2D eigenvalue weighted by molar-refractivity contribution is -0.129. The van der Waals surface area contributed by atoms with Crippen LogP contribution < -0.4 is 10.1 Å². The average molecular weight is 324 g/mol. The second kappa shape index (κ2) is 7.39. The van der Waals surface area contributed by atoms with Crippen LogP contribution >= 0.6 is 0 Å². The van der Waals surface area contributed by atoms with Gasteiger partial charge >= 0.3 is 0 Å². The number of amides is 1. The van der Waals surface area contributed by atoms with Crippen LogP contribution in [0.4, 0.5) is 5.69 Å². The first kappa shape index (κ1) is 16.4. The summed E-state index contributed by atoms with van der Waals surface area (Å²) in [6.07, 6.45) is 1.90. The Balaban J connectivity index is 1.83. The van der Waals surface area contributed by atoms with Crippen LogP contribution in [0.2, 0.25) is 0 Å². The molecule has 1 aliphatic rings. The van der Waals surface area contributed by atoms with Crippen molar-refractivity contribution in [2.45, 2.75) is 25.8 Å². The summed E-state index contributed by atoms with van der Waals surface area (Å²) in [6, 6.07) is 16.8. The SMILES string of the molecule is COc1cccc(-c2ccccc2)c1NC1CCN(C(C)=O)CC1. The van der Waals surface area contributed by atoms with Crippen molar-refractivity contribution in [2.75, 3.05) is 25.5 Å². The molecule has 1 fully saturated rings. The number of carbonyl (C=O) groups excluding carboxylic acids is 1. The number of hydrogen-bond acceptors (Lipinski definition) is 3. The molecule has 1 aliphatic heterocycles. The molecular weight excluding hydrogens is 300 g/mol. The van der Waals surface area contributed by atoms with Crippen molar-refractivity contribution in [1.29, 1.82) is 0 Å². The third kappa shape index (κ3) is 3.53. The summed E-state index contributed by atoms with van der Waals surface area (Å²) < 4.78 is 5.58. The monoisotopic (exact) mass is 324 g/mol. The van der Waals surface area contributed by atoms with Crippen LogP contribution in [0.5, 0.6) is 5.75 Å². The fourth-order valence-corrected chi connectivity index (χ4v) is 3.25. The molecule has 0 bridgehead atoms. The summed E-state index contributed by atoms with van der Waals surface area (Å²) in [5.74, 6) is 1.01. The minimum absolute atomic E-state index is 0.163. The van der Waals surface area contributed by atoms with E-state index in [0.717, 1.165) is 42.9 Å². The van der Waals surface area contributed by atoms with Crippen LogP contribution in [0, 0.1) is 0 Å². The standard InChI is InChI=1S/C20H24N2O2/c1-15(23)22-13-11-17(12-14-22)21-20-18(9-6-10-19(20)24-2)16-7-4-3-5-8-16/h3-10,17,21H,11-14H2,1-2H3. The van der Waals surface area contributed by atoms with Crippen molar-refractivity contribution in [3.05, 3.63) is 48.5 Å². The molecule has 3 rings (SSSR count). The molecule has 24 heavy (non-hydrogen) atoms. The minimum Gasteiger partial charge on any atom is -0.495 e. The maximum absolute atomic E-state index is 11.5. The zero-order valence-corrected chi connectivity index (χ0v) is 14.3. The average Bonchev–Trinajstić information content (AvgIpc) is 2.63. The summed E-state index contributed by atoms with van der Waals surface area (Å²) in [6.45, 7) is 3.26. The number of carbonyl (C=O) groups is 1. The van der Waals surface area contributed by atoms with E-state index in [4.69, 9.17) is 4.74 Å². The molecule has 1 saturated heterocycles. The van der Waals surface area contributed by atoms with Crippen molar-refractivity contribution < 1.29 is 9.53 Å². The maximum atomic E-state index is 11.5. The number of benzene rings is 2. The van der Waals surface area contributed by atoms with Gasteiger partial charge in [0.15, 0.2) is 0 Å². The van der Waals surface area contributed by atoms with Gasteiger partial charge in [0.2, 0.25) is 5.91 Å². The quantitative estimate of drug-likeness (QED) is 0.930. The molecule has 0 spiro atoms. The van der Waals surface area contributed by atoms with Crippen molar-refractivity contribution >= 4 is 11.6 Å². The Hall–Kier alpha value is -2.49. The van der Waals surface area contributed by atoms with Gasteiger partial charge < -0.3 is 15.0 Å². The lowest BCUT2D eigenvalue weighted by atomic mass is 10.00. The number of ether oxygens (including phenoxy) is 1. The van der Waals surface area contributed by atoms with E-state index < -0.39 is 0 Å². The van der Waals surface area contributed by atoms with E-state index >= 15 is 0 Å². The van der Waals surface area contributed by atoms with Crippen LogP contribution in [-0.4, -0.2) is 37.0 Å². The first-order chi connectivity index (χ1) is 11.7. The van der Waals surface area contributed by atoms with Gasteiger partial charge in [-0.1, -0.05) is 42.5 Å². The van der Waals surface area contributed by atoms with Gasteiger partial charge in [-0.3, -0.25) is 4.79 Å². The Labute approximate surface area is 143 Å². The molecule has 1 heterocycles. The largest absolute Gasteiger partial charge is 0.495 e. The zero-order valence-electron chi connectivity index (χ0n) is 14.3. The predicted octanol–water partition coefficient (Wildman–Crippen LogP) is 3.79. The Bertz CT molecular complexity index is 692. The van der Waals surface area contributed by atoms with Crippen molar-refractivity contribution in [3.63, 3.8) is 0 Å². The molecule has 0 saturated carbocycles. The third-order valence-electron chi connectivity index (χ3n) is 4.62. The van der Waals surface area contributed by atoms with E-state index in [1.165, 1.54) is 5.56 Å². The van der Waals surface area contributed by atoms with E-state index in [1.54, 1.807) is 14.0 Å². The molecule has 4 nitrogen and oxygen atoms in total. The molecule has 4 heteroatoms. The second-order valence-corrected chi connectivity index (χ2v) is 6.17. The van der Waals surface area contributed by atoms with E-state index in [0.29, 0.717) is 6.04 Å². The van der Waals surface area contributed by atoms with Gasteiger partial charge in [-0.05, 0) is 24.5 Å². The highest BCUT2D eigenvalue weighted by molar-refractivity contribution is 5.82. The lowest BCUT2D eigenvalue weighted by Crippen LogP contribution is -2.41. The number of nitrogens with zero attached hydrogens (tertiary/aromatic N) is 1. The number of anilines is 1. The molecule has 1 N–H and O–H groups in total. The first-order valence-corrected chi connectivity index (χ1v) is 8.43. The Kier molecular flexibility index (Phi) is 5.04. The third-order valence-corrected chi connectivity index (χ3v) is 4.62. The number of methoxy groups -OCH3 is 1. The van der Waals surface area contributed by atoms with E-state index in [1.807, 2.05) is 35.2 Å². The summed E-state index contributed by atoms with van der Waals surface area (Å²) in [4.78, 5) is 13.4. The lowest BCUT2D eigenvalue weighted by Gasteiger charge is -2.33. The Morgan fingerprint density at radius 3 is 2.42 bits per heavy atom. The van der Waals surface area contributed by atoms with Crippen molar-refractivity contribution in [3.8, 4) is 16.9 Å². The molecule has 0 radical (unpaired) electrons. The fraction of sp³-hybridized carbons (Fsp3) is 0.350. The number of likely N-dealkylation sites (tertiary alicyclic amines) is 1. The topological polar surface area (TPSA) is 41.6 Å². The number of hydrogen-bond donors (Lipinski definition) is 1. The van der Waals surface area contributed by atoms with E-state index in [2.05, 4.69) is 23.5 Å². The molecule has 1 amide bonds. The molecule has 0 aromatic heterocycles. The number of rotatable bonds is 4. The van der Waals surface area contributed by atoms with Gasteiger partial charge in [-0.25, -0.2) is 0 Å². The molecule has 0 atom stereocenters. The summed E-state index contributed by atoms with van der Waals surface area (Å²) in [7, 11) is 1.70. The molecule has 2 aromatic carbocycles. The van der Waals surface area contributed by atoms with Gasteiger partial charge in [0.1, 0.15) is 5.75 Å². The molecule has 2 aromatic rings. The Morgan fingerprint density at radius 1 is 1.08 bits per heavy atom. The van der Waals surface area contributed by atoms with Crippen LogP contribution in [0.15, 0.2) is 48.5 Å². The molecular formula is C20H24N2O2. The highest BCUT2D eigenvalue weighted by Gasteiger charge is 2.22. The summed E-state index contributed by atoms with van der Waals surface area (Å²) in [5, 5.41) is 3.66. The second-order valence-electron chi connectivity index (χ2n) is 6.17. The van der Waals surface area contributed by atoms with E-state index in [9.17, 15) is 4.79 Å². The van der Waals surface area contributed by atoms with E-state index in [-0.39, 0.29) is 5.91 Å². The van der Waals surface area contributed by atoms with Gasteiger partial charge in [0, 0.05) is 31.6 Å². The van der Waals surface area contributed by atoms with Gasteiger partial charge in [-0.2, -0.15) is 0 Å². The maximum Gasteiger partial charge on any atom is 0.219 e. The zero-order chi connectivity index (χ0) is 16.9. The predicted molar refractivity (Wildman–Crippen MR) is 97.3 cm³/mol. The van der Waals surface area contributed by atoms with Crippen LogP contribution in [0.3, 0.4) is 0 Å². The number of piperidine rings is 1. The van der Waals surface area contributed by atoms with Crippen molar-refractivity contribution in [2.24, 2.45) is 0 Å². The smallest absolute Gasteiger partial charge is 0.219 e. The van der Waals surface area contributed by atoms with Crippen molar-refractivity contribution in [1.82, 2.24) is 4.90 Å². The number of para-hydroxylation sites is 1. The minimum atomic E-state index is 0.163. The first-order valence-electron chi connectivity index (χ1n) is 8.43. The highest BCUT2D eigenvalue weighted by Crippen LogP contribution is 2.37. The van der Waals surface area contributed by atoms with Crippen LogP contribution in [0.1, 0.15) is 19.8 Å². The van der Waals surface area contributed by atoms with Gasteiger partial charge in [-0.15, -0.1) is 0 Å². The molecule has 0 unspecified atom stereocenters. The van der Waals surface area contributed by atoms with Crippen LogP contribution in [-0.2, 0) is 4.79 Å². The highest BCUT2D eigenvalue weighted by atomic mass is 16.5.